The zero-order valence-electron chi connectivity index (χ0n) is 22.6. The van der Waals surface area contributed by atoms with Gasteiger partial charge in [0, 0.05) is 27.7 Å². The second-order valence-electron chi connectivity index (χ2n) is 10.5. The summed E-state index contributed by atoms with van der Waals surface area (Å²) in [5.74, 6) is 1.72. The topological polar surface area (TPSA) is 89.9 Å². The zero-order valence-corrected chi connectivity index (χ0v) is 22.6. The number of aromatic amines is 1. The van der Waals surface area contributed by atoms with E-state index in [-0.39, 0.29) is 0 Å². The van der Waals surface area contributed by atoms with Crippen LogP contribution in [-0.4, -0.2) is 16.6 Å². The van der Waals surface area contributed by atoms with Crippen molar-refractivity contribution >= 4 is 44.0 Å². The maximum Gasteiger partial charge on any atom is 0.138 e. The highest BCUT2D eigenvalue weighted by molar-refractivity contribution is 6.24. The molecule has 0 amide bonds. The molecule has 5 N–H and O–H groups in total. The van der Waals surface area contributed by atoms with E-state index < -0.39 is 0 Å². The van der Waals surface area contributed by atoms with Gasteiger partial charge in [-0.1, -0.05) is 76.8 Å². The molecule has 5 heteroatoms. The van der Waals surface area contributed by atoms with Crippen molar-refractivity contribution in [2.75, 3.05) is 18.1 Å². The largest absolute Gasteiger partial charge is 0.494 e. The summed E-state index contributed by atoms with van der Waals surface area (Å²) < 4.78 is 6.01. The first-order valence-electron chi connectivity index (χ1n) is 14.3. The van der Waals surface area contributed by atoms with Gasteiger partial charge in [0.1, 0.15) is 11.6 Å². The molecule has 38 heavy (non-hydrogen) atoms. The molecule has 4 aromatic carbocycles. The van der Waals surface area contributed by atoms with Gasteiger partial charge in [-0.05, 0) is 65.7 Å². The molecule has 1 heterocycles. The van der Waals surface area contributed by atoms with E-state index in [1.807, 2.05) is 36.4 Å². The first-order chi connectivity index (χ1) is 18.6. The van der Waals surface area contributed by atoms with Crippen LogP contribution in [0.5, 0.6) is 5.75 Å². The Kier molecular flexibility index (Phi) is 8.32. The molecule has 5 aromatic rings. The van der Waals surface area contributed by atoms with Crippen LogP contribution in [0.3, 0.4) is 0 Å². The van der Waals surface area contributed by atoms with Gasteiger partial charge < -0.3 is 21.2 Å². The number of ether oxygens (including phenoxy) is 1. The molecule has 1 aromatic heterocycles. The lowest BCUT2D eigenvalue weighted by molar-refractivity contribution is 0.304. The van der Waals surface area contributed by atoms with E-state index in [0.29, 0.717) is 0 Å². The molecule has 0 saturated heterocycles. The SMILES string of the molecule is CCCCCCCCCCCCOc1ccc(-c2nc3c4cc(N)ccc4c4ccc(N)cc4c3[nH]2)cc1. The number of imidazole rings is 1. The van der Waals surface area contributed by atoms with Gasteiger partial charge in [0.2, 0.25) is 0 Å². The number of benzene rings is 4. The molecule has 0 aliphatic rings. The number of aromatic nitrogens is 2. The van der Waals surface area contributed by atoms with Crippen LogP contribution >= 0.6 is 0 Å². The van der Waals surface area contributed by atoms with Crippen LogP contribution in [0.25, 0.3) is 44.0 Å². The minimum atomic E-state index is 0.724. The van der Waals surface area contributed by atoms with Crippen molar-refractivity contribution in [3.05, 3.63) is 60.7 Å². The standard InChI is InChI=1S/C33H40N4O/c1-2-3-4-5-6-7-8-9-10-11-20-38-26-16-12-23(13-17-26)33-36-31-29-21-24(34)14-18-27(29)28-19-15-25(35)22-30(28)32(31)37-33/h12-19,21-22H,2-11,20,34-35H2,1H3,(H,36,37). The number of nitrogens with two attached hydrogens (primary N) is 2. The molecule has 0 radical (unpaired) electrons. The van der Waals surface area contributed by atoms with E-state index in [2.05, 4.69) is 36.2 Å². The van der Waals surface area contributed by atoms with E-state index >= 15 is 0 Å². The van der Waals surface area contributed by atoms with Crippen LogP contribution in [0.4, 0.5) is 11.4 Å². The fourth-order valence-corrected chi connectivity index (χ4v) is 5.38. The average molecular weight is 509 g/mol. The molecule has 5 rings (SSSR count). The molecular weight excluding hydrogens is 468 g/mol. The Morgan fingerprint density at radius 1 is 0.658 bits per heavy atom. The Balaban J connectivity index is 1.23. The molecule has 0 atom stereocenters. The number of nitrogen functional groups attached to an aromatic ring is 2. The molecule has 0 spiro atoms. The van der Waals surface area contributed by atoms with E-state index in [9.17, 15) is 0 Å². The van der Waals surface area contributed by atoms with Gasteiger partial charge in [-0.2, -0.15) is 0 Å². The minimum Gasteiger partial charge on any atom is -0.494 e. The van der Waals surface area contributed by atoms with E-state index in [1.54, 1.807) is 0 Å². The van der Waals surface area contributed by atoms with Gasteiger partial charge in [0.05, 0.1) is 17.6 Å². The van der Waals surface area contributed by atoms with Crippen molar-refractivity contribution in [2.24, 2.45) is 0 Å². The summed E-state index contributed by atoms with van der Waals surface area (Å²) in [6, 6.07) is 20.2. The lowest BCUT2D eigenvalue weighted by Crippen LogP contribution is -1.97. The summed E-state index contributed by atoms with van der Waals surface area (Å²) in [5.41, 5.74) is 16.6. The lowest BCUT2D eigenvalue weighted by atomic mass is 9.99. The molecule has 0 fully saturated rings. The zero-order chi connectivity index (χ0) is 26.3. The Hall–Kier alpha value is -3.73. The van der Waals surface area contributed by atoms with Gasteiger partial charge in [-0.25, -0.2) is 4.98 Å². The third-order valence-corrected chi connectivity index (χ3v) is 7.50. The summed E-state index contributed by atoms with van der Waals surface area (Å²) in [7, 11) is 0. The van der Waals surface area contributed by atoms with Gasteiger partial charge in [0.25, 0.3) is 0 Å². The Morgan fingerprint density at radius 3 is 1.89 bits per heavy atom. The lowest BCUT2D eigenvalue weighted by Gasteiger charge is -2.07. The van der Waals surface area contributed by atoms with Gasteiger partial charge in [-0.15, -0.1) is 0 Å². The van der Waals surface area contributed by atoms with Crippen molar-refractivity contribution in [1.29, 1.82) is 0 Å². The van der Waals surface area contributed by atoms with Crippen LogP contribution in [0.1, 0.15) is 71.1 Å². The number of unbranched alkanes of at least 4 members (excludes halogenated alkanes) is 9. The molecule has 5 nitrogen and oxygen atoms in total. The Bertz CT molecular complexity index is 1420. The third-order valence-electron chi connectivity index (χ3n) is 7.50. The maximum atomic E-state index is 6.15. The summed E-state index contributed by atoms with van der Waals surface area (Å²) in [6.07, 6.45) is 13.3. The summed E-state index contributed by atoms with van der Waals surface area (Å²) in [6.45, 7) is 3.04. The second-order valence-corrected chi connectivity index (χ2v) is 10.5. The number of hydrogen-bond donors (Lipinski definition) is 3. The van der Waals surface area contributed by atoms with Crippen molar-refractivity contribution in [1.82, 2.24) is 9.97 Å². The van der Waals surface area contributed by atoms with Gasteiger partial charge in [0.15, 0.2) is 0 Å². The minimum absolute atomic E-state index is 0.724. The number of rotatable bonds is 13. The Morgan fingerprint density at radius 2 is 1.24 bits per heavy atom. The number of fused-ring (bicyclic) bond motifs is 6. The van der Waals surface area contributed by atoms with Crippen LogP contribution in [0.15, 0.2) is 60.7 Å². The predicted octanol–water partition coefficient (Wildman–Crippen LogP) is 9.00. The normalized spacial score (nSPS) is 11.6. The first kappa shape index (κ1) is 25.9. The van der Waals surface area contributed by atoms with E-state index in [0.717, 1.165) is 74.1 Å². The highest BCUT2D eigenvalue weighted by Gasteiger charge is 2.14. The summed E-state index contributed by atoms with van der Waals surface area (Å²) in [5, 5.41) is 4.35. The summed E-state index contributed by atoms with van der Waals surface area (Å²) in [4.78, 5) is 8.56. The molecule has 0 aliphatic carbocycles. The number of hydrogen-bond acceptors (Lipinski definition) is 4. The van der Waals surface area contributed by atoms with Gasteiger partial charge >= 0.3 is 0 Å². The van der Waals surface area contributed by atoms with Crippen LogP contribution < -0.4 is 16.2 Å². The number of nitrogens with zero attached hydrogens (tertiary/aromatic N) is 1. The van der Waals surface area contributed by atoms with Crippen molar-refractivity contribution < 1.29 is 4.74 Å². The summed E-state index contributed by atoms with van der Waals surface area (Å²) >= 11 is 0. The highest BCUT2D eigenvalue weighted by Crippen LogP contribution is 2.37. The molecular formula is C33H40N4O. The fourth-order valence-electron chi connectivity index (χ4n) is 5.38. The molecule has 0 saturated carbocycles. The smallest absolute Gasteiger partial charge is 0.138 e. The number of anilines is 2. The van der Waals surface area contributed by atoms with Gasteiger partial charge in [-0.3, -0.25) is 0 Å². The molecule has 198 valence electrons. The third kappa shape index (κ3) is 5.88. The first-order valence-corrected chi connectivity index (χ1v) is 14.3. The van der Waals surface area contributed by atoms with Crippen molar-refractivity contribution in [3.63, 3.8) is 0 Å². The number of H-pyrrole nitrogens is 1. The molecule has 0 bridgehead atoms. The number of nitrogens with one attached hydrogen (secondary N) is 1. The van der Waals surface area contributed by atoms with Crippen LogP contribution in [0.2, 0.25) is 0 Å². The quantitative estimate of drug-likeness (QED) is 0.0840. The van der Waals surface area contributed by atoms with E-state index in [4.69, 9.17) is 21.2 Å². The second kappa shape index (κ2) is 12.2. The average Bonchev–Trinajstić information content (AvgIpc) is 3.38. The molecule has 0 aliphatic heterocycles. The van der Waals surface area contributed by atoms with Crippen LogP contribution in [-0.2, 0) is 0 Å². The maximum absolute atomic E-state index is 6.15. The monoisotopic (exact) mass is 508 g/mol. The van der Waals surface area contributed by atoms with Crippen LogP contribution in [0, 0.1) is 0 Å². The van der Waals surface area contributed by atoms with Crippen molar-refractivity contribution in [2.45, 2.75) is 71.1 Å². The fraction of sp³-hybridized carbons (Fsp3) is 0.364. The van der Waals surface area contributed by atoms with E-state index in [1.165, 1.54) is 57.8 Å². The Labute approximate surface area is 225 Å². The predicted molar refractivity (Wildman–Crippen MR) is 163 cm³/mol. The molecule has 0 unspecified atom stereocenters. The highest BCUT2D eigenvalue weighted by atomic mass is 16.5. The van der Waals surface area contributed by atoms with Crippen molar-refractivity contribution in [3.8, 4) is 17.1 Å².